The molecule has 42 heavy (non-hydrogen) atoms. The average Bonchev–Trinajstić information content (AvgIpc) is 3.44. The van der Waals surface area contributed by atoms with Crippen LogP contribution in [-0.2, 0) is 12.8 Å². The molecule has 0 fully saturated rings. The fourth-order valence-electron chi connectivity index (χ4n) is 4.35. The van der Waals surface area contributed by atoms with Crippen molar-refractivity contribution >= 4 is 44.6 Å². The first kappa shape index (κ1) is 27.8. The highest BCUT2D eigenvalue weighted by molar-refractivity contribution is 9.10. The monoisotopic (exact) mass is 655 g/mol. The van der Waals surface area contributed by atoms with Gasteiger partial charge in [-0.3, -0.25) is 4.79 Å². The maximum absolute atomic E-state index is 13.4. The van der Waals surface area contributed by atoms with Crippen molar-refractivity contribution in [2.75, 3.05) is 6.79 Å². The van der Waals surface area contributed by atoms with Crippen LogP contribution in [0.2, 0.25) is 5.02 Å². The van der Waals surface area contributed by atoms with E-state index in [0.717, 1.165) is 22.4 Å². The summed E-state index contributed by atoms with van der Waals surface area (Å²) in [6.07, 6.45) is -3.20. The van der Waals surface area contributed by atoms with E-state index in [9.17, 15) is 18.0 Å². The van der Waals surface area contributed by atoms with Crippen molar-refractivity contribution in [3.05, 3.63) is 115 Å². The van der Waals surface area contributed by atoms with Crippen molar-refractivity contribution in [2.24, 2.45) is 5.10 Å². The van der Waals surface area contributed by atoms with E-state index >= 15 is 0 Å². The Balaban J connectivity index is 1.33. The third kappa shape index (κ3) is 5.57. The van der Waals surface area contributed by atoms with Gasteiger partial charge in [-0.15, -0.1) is 0 Å². The Morgan fingerprint density at radius 1 is 1.02 bits per heavy atom. The highest BCUT2D eigenvalue weighted by Crippen LogP contribution is 2.37. The maximum atomic E-state index is 13.4. The molecule has 1 aliphatic heterocycles. The second-order valence-electron chi connectivity index (χ2n) is 9.18. The fourth-order valence-corrected chi connectivity index (χ4v) is 5.34. The van der Waals surface area contributed by atoms with E-state index in [1.165, 1.54) is 18.3 Å². The number of alkyl halides is 3. The van der Waals surface area contributed by atoms with Crippen LogP contribution in [0, 0.1) is 0 Å². The molecule has 0 saturated heterocycles. The van der Waals surface area contributed by atoms with E-state index in [1.807, 2.05) is 12.1 Å². The van der Waals surface area contributed by atoms with Crippen molar-refractivity contribution in [1.82, 2.24) is 9.66 Å². The second kappa shape index (κ2) is 11.1. The van der Waals surface area contributed by atoms with Gasteiger partial charge in [0, 0.05) is 5.56 Å². The summed E-state index contributed by atoms with van der Waals surface area (Å²) in [5, 5.41) is 4.86. The van der Waals surface area contributed by atoms with Gasteiger partial charge in [-0.2, -0.15) is 22.9 Å². The highest BCUT2D eigenvalue weighted by Gasteiger charge is 2.31. The molecule has 0 saturated carbocycles. The van der Waals surface area contributed by atoms with Crippen molar-refractivity contribution in [1.29, 1.82) is 0 Å². The molecule has 0 bridgehead atoms. The molecular weight excluding hydrogens is 639 g/mol. The van der Waals surface area contributed by atoms with Crippen LogP contribution < -0.4 is 19.8 Å². The van der Waals surface area contributed by atoms with Gasteiger partial charge in [0.05, 0.1) is 32.2 Å². The van der Waals surface area contributed by atoms with Gasteiger partial charge in [-0.1, -0.05) is 41.9 Å². The Labute approximate surface area is 249 Å². The normalized spacial score (nSPS) is 12.8. The van der Waals surface area contributed by atoms with E-state index in [-0.39, 0.29) is 35.2 Å². The predicted molar refractivity (Wildman–Crippen MR) is 155 cm³/mol. The number of aromatic nitrogens is 2. The summed E-state index contributed by atoms with van der Waals surface area (Å²) in [7, 11) is 0. The van der Waals surface area contributed by atoms with Gasteiger partial charge in [-0.25, -0.2) is 4.98 Å². The largest absolute Gasteiger partial charge is 0.486 e. The van der Waals surface area contributed by atoms with Crippen LogP contribution in [0.3, 0.4) is 0 Å². The number of nitrogens with zero attached hydrogens (tertiary/aromatic N) is 3. The molecule has 0 N–H and O–H groups in total. The molecule has 0 radical (unpaired) electrons. The third-order valence-electron chi connectivity index (χ3n) is 6.36. The molecule has 0 amide bonds. The molecule has 4 aromatic carbocycles. The van der Waals surface area contributed by atoms with E-state index in [1.54, 1.807) is 42.5 Å². The second-order valence-corrected chi connectivity index (χ2v) is 10.4. The molecule has 1 aliphatic rings. The summed E-state index contributed by atoms with van der Waals surface area (Å²) in [4.78, 5) is 17.9. The first-order valence-electron chi connectivity index (χ1n) is 12.4. The summed E-state index contributed by atoms with van der Waals surface area (Å²) in [5.74, 6) is 1.64. The number of halogens is 5. The number of rotatable bonds is 6. The van der Waals surface area contributed by atoms with Crippen molar-refractivity contribution in [2.45, 2.75) is 12.8 Å². The molecule has 1 aromatic heterocycles. The number of benzene rings is 4. The predicted octanol–water partition coefficient (Wildman–Crippen LogP) is 7.69. The molecule has 7 nitrogen and oxygen atoms in total. The molecule has 0 spiro atoms. The molecule has 2 heterocycles. The van der Waals surface area contributed by atoms with Crippen LogP contribution in [-0.4, -0.2) is 22.7 Å². The Morgan fingerprint density at radius 3 is 2.64 bits per heavy atom. The topological polar surface area (TPSA) is 74.9 Å². The zero-order valence-electron chi connectivity index (χ0n) is 21.4. The van der Waals surface area contributed by atoms with Gasteiger partial charge < -0.3 is 14.2 Å². The zero-order valence-corrected chi connectivity index (χ0v) is 23.7. The average molecular weight is 657 g/mol. The number of hydrogen-bond donors (Lipinski definition) is 0. The van der Waals surface area contributed by atoms with E-state index in [4.69, 9.17) is 25.8 Å². The van der Waals surface area contributed by atoms with Gasteiger partial charge in [0.1, 0.15) is 6.61 Å². The van der Waals surface area contributed by atoms with Gasteiger partial charge in [-0.05, 0) is 75.6 Å². The maximum Gasteiger partial charge on any atom is 0.416 e. The van der Waals surface area contributed by atoms with E-state index in [0.29, 0.717) is 32.8 Å². The molecule has 212 valence electrons. The lowest BCUT2D eigenvalue weighted by Gasteiger charge is -2.13. The molecule has 0 unspecified atom stereocenters. The number of hydrogen-bond acceptors (Lipinski definition) is 6. The quantitative estimate of drug-likeness (QED) is 0.175. The molecule has 5 aromatic rings. The lowest BCUT2D eigenvalue weighted by atomic mass is 10.1. The van der Waals surface area contributed by atoms with Crippen LogP contribution in [0.15, 0.2) is 93.2 Å². The van der Waals surface area contributed by atoms with E-state index in [2.05, 4.69) is 26.0 Å². The van der Waals surface area contributed by atoms with Crippen molar-refractivity contribution in [3.8, 4) is 28.6 Å². The third-order valence-corrected chi connectivity index (χ3v) is 7.23. The first-order chi connectivity index (χ1) is 20.2. The SMILES string of the molecule is O=c1c2ccccc2nc(-c2cccc(C(F)(F)F)c2)n1N=Cc1cc(Cl)c(OCc2ccc3c(c2)OCO3)c(Br)c1. The van der Waals surface area contributed by atoms with Crippen LogP contribution in [0.4, 0.5) is 13.2 Å². The summed E-state index contributed by atoms with van der Waals surface area (Å²) < 4.78 is 58.5. The lowest BCUT2D eigenvalue weighted by molar-refractivity contribution is -0.137. The molecule has 12 heteroatoms. The summed E-state index contributed by atoms with van der Waals surface area (Å²) in [5.41, 5.74) is 0.339. The number of ether oxygens (including phenoxy) is 3. The Hall–Kier alpha value is -4.35. The number of para-hydroxylation sites is 1. The van der Waals surface area contributed by atoms with Crippen LogP contribution in [0.25, 0.3) is 22.3 Å². The summed E-state index contributed by atoms with van der Waals surface area (Å²) in [6, 6.07) is 19.9. The van der Waals surface area contributed by atoms with Crippen LogP contribution >= 0.6 is 27.5 Å². The van der Waals surface area contributed by atoms with Gasteiger partial charge in [0.15, 0.2) is 23.1 Å². The Kier molecular flexibility index (Phi) is 7.38. The smallest absolute Gasteiger partial charge is 0.416 e. The lowest BCUT2D eigenvalue weighted by Crippen LogP contribution is -2.20. The molecule has 0 aliphatic carbocycles. The molecule has 6 rings (SSSR count). The highest BCUT2D eigenvalue weighted by atomic mass is 79.9. The minimum atomic E-state index is -4.57. The van der Waals surface area contributed by atoms with Crippen molar-refractivity contribution < 1.29 is 27.4 Å². The Morgan fingerprint density at radius 2 is 1.83 bits per heavy atom. The minimum Gasteiger partial charge on any atom is -0.486 e. The number of fused-ring (bicyclic) bond motifs is 2. The summed E-state index contributed by atoms with van der Waals surface area (Å²) in [6.45, 7) is 0.379. The van der Waals surface area contributed by atoms with Crippen LogP contribution in [0.5, 0.6) is 17.2 Å². The van der Waals surface area contributed by atoms with Gasteiger partial charge >= 0.3 is 6.18 Å². The van der Waals surface area contributed by atoms with Crippen molar-refractivity contribution in [3.63, 3.8) is 0 Å². The molecular formula is C30H18BrClF3N3O4. The van der Waals surface area contributed by atoms with Crippen LogP contribution in [0.1, 0.15) is 16.7 Å². The van der Waals surface area contributed by atoms with Gasteiger partial charge in [0.2, 0.25) is 6.79 Å². The first-order valence-corrected chi connectivity index (χ1v) is 13.6. The van der Waals surface area contributed by atoms with Gasteiger partial charge in [0.25, 0.3) is 5.56 Å². The Bertz CT molecular complexity index is 1900. The fraction of sp³-hybridized carbons (Fsp3) is 0.100. The minimum absolute atomic E-state index is 0.0464. The zero-order chi connectivity index (χ0) is 29.4. The molecule has 0 atom stereocenters. The summed E-state index contributed by atoms with van der Waals surface area (Å²) >= 11 is 9.99. The standard InChI is InChI=1S/C30H18BrClF3N3O4/c31-22-10-18(11-23(32)27(22)40-15-17-8-9-25-26(12-17)42-16-41-25)14-36-38-28(19-4-3-5-20(13-19)30(33,34)35)37-24-7-2-1-6-21(24)29(38)39/h1-14H,15-16H2. The van der Waals surface area contributed by atoms with E-state index < -0.39 is 17.3 Å².